The Hall–Kier alpha value is -4.71. The average molecular weight is 1020 g/mol. The standard InChI is InChI=1S/C68H108O6/c1-4-7-10-13-16-19-21-23-25-26-27-28-29-30-31-32-33-34-35-36-37-38-39-40-41-42-44-45-47-49-52-55-58-61-67(70)73-64-65(63-72-66(69)60-57-54-51-18-15-12-9-6-3)74-68(71)62-59-56-53-50-48-46-43-24-22-20-17-14-11-8-5-2/h7-8,10-11,16-17,19-20,23-25,27-28,30-31,33-34,36-37,39-40,43,48,50,65H,4-6,9,12-15,18,21-22,26,29,32,35,38,41-42,44-47,49,51-64H2,1-3H3/b10-7-,11-8-,19-16-,20-17-,25-23-,28-27-,31-30-,34-33-,37-36-,40-39-,43-24-,50-48-. The van der Waals surface area contributed by atoms with Crippen molar-refractivity contribution in [3.63, 3.8) is 0 Å². The van der Waals surface area contributed by atoms with Crippen LogP contribution in [0.1, 0.15) is 245 Å². The lowest BCUT2D eigenvalue weighted by Crippen LogP contribution is -2.30. The van der Waals surface area contributed by atoms with Crippen LogP contribution in [0, 0.1) is 0 Å². The number of unbranched alkanes of at least 4 members (excludes halogenated alkanes) is 17. The van der Waals surface area contributed by atoms with Crippen LogP contribution in [0.2, 0.25) is 0 Å². The number of carbonyl (C=O) groups excluding carboxylic acids is 3. The van der Waals surface area contributed by atoms with Crippen molar-refractivity contribution in [3.8, 4) is 0 Å². The second-order valence-corrected chi connectivity index (χ2v) is 19.1. The first-order valence-corrected chi connectivity index (χ1v) is 29.8. The molecule has 0 fully saturated rings. The van der Waals surface area contributed by atoms with Gasteiger partial charge in [-0.15, -0.1) is 0 Å². The molecule has 0 N–H and O–H groups in total. The highest BCUT2D eigenvalue weighted by atomic mass is 16.6. The van der Waals surface area contributed by atoms with Crippen molar-refractivity contribution in [3.05, 3.63) is 146 Å². The largest absolute Gasteiger partial charge is 0.462 e. The van der Waals surface area contributed by atoms with Crippen molar-refractivity contribution in [1.29, 1.82) is 0 Å². The highest BCUT2D eigenvalue weighted by Gasteiger charge is 2.19. The predicted molar refractivity (Wildman–Crippen MR) is 320 cm³/mol. The van der Waals surface area contributed by atoms with E-state index in [4.69, 9.17) is 14.2 Å². The Morgan fingerprint density at radius 3 is 0.851 bits per heavy atom. The highest BCUT2D eigenvalue weighted by Crippen LogP contribution is 2.14. The molecule has 0 aliphatic carbocycles. The van der Waals surface area contributed by atoms with Crippen molar-refractivity contribution >= 4 is 17.9 Å². The molecule has 74 heavy (non-hydrogen) atoms. The second-order valence-electron chi connectivity index (χ2n) is 19.1. The maximum atomic E-state index is 12.8. The first kappa shape index (κ1) is 69.3. The van der Waals surface area contributed by atoms with Gasteiger partial charge in [0.05, 0.1) is 0 Å². The van der Waals surface area contributed by atoms with Crippen LogP contribution in [0.5, 0.6) is 0 Å². The van der Waals surface area contributed by atoms with Crippen LogP contribution in [0.25, 0.3) is 0 Å². The summed E-state index contributed by atoms with van der Waals surface area (Å²) in [7, 11) is 0. The van der Waals surface area contributed by atoms with Gasteiger partial charge in [-0.3, -0.25) is 14.4 Å². The zero-order valence-electron chi connectivity index (χ0n) is 47.5. The van der Waals surface area contributed by atoms with Crippen molar-refractivity contribution < 1.29 is 28.6 Å². The van der Waals surface area contributed by atoms with Gasteiger partial charge in [-0.05, 0) is 122 Å². The van der Waals surface area contributed by atoms with Crippen molar-refractivity contribution in [1.82, 2.24) is 0 Å². The number of rotatable bonds is 52. The third kappa shape index (κ3) is 58.2. The minimum Gasteiger partial charge on any atom is -0.462 e. The summed E-state index contributed by atoms with van der Waals surface area (Å²) in [6.07, 6.45) is 87.2. The number of hydrogen-bond donors (Lipinski definition) is 0. The second kappa shape index (κ2) is 60.8. The number of esters is 3. The predicted octanol–water partition coefficient (Wildman–Crippen LogP) is 20.4. The zero-order chi connectivity index (χ0) is 53.6. The van der Waals surface area contributed by atoms with Crippen molar-refractivity contribution in [2.45, 2.75) is 252 Å². The molecule has 0 aliphatic heterocycles. The number of hydrogen-bond acceptors (Lipinski definition) is 6. The van der Waals surface area contributed by atoms with E-state index in [1.54, 1.807) is 0 Å². The van der Waals surface area contributed by atoms with Crippen LogP contribution in [-0.2, 0) is 28.6 Å². The van der Waals surface area contributed by atoms with Crippen molar-refractivity contribution in [2.24, 2.45) is 0 Å². The molecule has 0 amide bonds. The summed E-state index contributed by atoms with van der Waals surface area (Å²) in [5, 5.41) is 0. The maximum absolute atomic E-state index is 12.8. The van der Waals surface area contributed by atoms with Crippen LogP contribution in [0.3, 0.4) is 0 Å². The quantitative estimate of drug-likeness (QED) is 0.0261. The Morgan fingerprint density at radius 1 is 0.284 bits per heavy atom. The first-order valence-electron chi connectivity index (χ1n) is 29.8. The van der Waals surface area contributed by atoms with Gasteiger partial charge in [0, 0.05) is 19.3 Å². The Bertz CT molecular complexity index is 1640. The zero-order valence-corrected chi connectivity index (χ0v) is 47.5. The summed E-state index contributed by atoms with van der Waals surface area (Å²) in [6.45, 7) is 6.32. The lowest BCUT2D eigenvalue weighted by Gasteiger charge is -2.18. The molecule has 0 spiro atoms. The van der Waals surface area contributed by atoms with Gasteiger partial charge in [0.25, 0.3) is 0 Å². The molecule has 0 heterocycles. The molecule has 0 aromatic carbocycles. The molecule has 0 aromatic heterocycles. The van der Waals surface area contributed by atoms with Gasteiger partial charge in [0.15, 0.2) is 6.10 Å². The molecule has 1 unspecified atom stereocenters. The summed E-state index contributed by atoms with van der Waals surface area (Å²) in [5.74, 6) is -0.962. The van der Waals surface area contributed by atoms with E-state index in [9.17, 15) is 14.4 Å². The molecule has 416 valence electrons. The van der Waals surface area contributed by atoms with E-state index in [-0.39, 0.29) is 37.5 Å². The van der Waals surface area contributed by atoms with E-state index in [1.165, 1.54) is 64.2 Å². The number of allylic oxidation sites excluding steroid dienone is 24. The van der Waals surface area contributed by atoms with E-state index in [1.807, 2.05) is 0 Å². The number of ether oxygens (including phenoxy) is 3. The molecular weight excluding hydrogens is 913 g/mol. The maximum Gasteiger partial charge on any atom is 0.306 e. The topological polar surface area (TPSA) is 78.9 Å². The summed E-state index contributed by atoms with van der Waals surface area (Å²) in [6, 6.07) is 0. The minimum atomic E-state index is -0.805. The van der Waals surface area contributed by atoms with Crippen LogP contribution >= 0.6 is 0 Å². The molecule has 0 bridgehead atoms. The molecule has 0 radical (unpaired) electrons. The van der Waals surface area contributed by atoms with Crippen LogP contribution < -0.4 is 0 Å². The Labute approximate surface area is 455 Å². The van der Waals surface area contributed by atoms with Crippen molar-refractivity contribution in [2.75, 3.05) is 13.2 Å². The fraction of sp³-hybridized carbons (Fsp3) is 0.603. The van der Waals surface area contributed by atoms with Gasteiger partial charge in [-0.1, -0.05) is 250 Å². The summed E-state index contributed by atoms with van der Waals surface area (Å²) in [4.78, 5) is 38.0. The third-order valence-electron chi connectivity index (χ3n) is 12.1. The number of carbonyl (C=O) groups is 3. The summed E-state index contributed by atoms with van der Waals surface area (Å²) < 4.78 is 16.7. The Kier molecular flexibility index (Phi) is 57.0. The molecule has 0 saturated heterocycles. The van der Waals surface area contributed by atoms with Crippen LogP contribution in [-0.4, -0.2) is 37.2 Å². The molecular formula is C68H108O6. The lowest BCUT2D eigenvalue weighted by atomic mass is 10.1. The van der Waals surface area contributed by atoms with Crippen LogP contribution in [0.15, 0.2) is 146 Å². The fourth-order valence-electron chi connectivity index (χ4n) is 7.68. The Balaban J connectivity index is 4.22. The lowest BCUT2D eigenvalue weighted by molar-refractivity contribution is -0.167. The third-order valence-corrected chi connectivity index (χ3v) is 12.1. The van der Waals surface area contributed by atoms with Crippen LogP contribution in [0.4, 0.5) is 0 Å². The monoisotopic (exact) mass is 1020 g/mol. The smallest absolute Gasteiger partial charge is 0.306 e. The molecule has 0 aromatic rings. The Morgan fingerprint density at radius 2 is 0.527 bits per heavy atom. The normalized spacial score (nSPS) is 13.2. The van der Waals surface area contributed by atoms with Gasteiger partial charge in [0.2, 0.25) is 0 Å². The highest BCUT2D eigenvalue weighted by molar-refractivity contribution is 5.71. The molecule has 0 saturated carbocycles. The summed E-state index contributed by atoms with van der Waals surface area (Å²) >= 11 is 0. The average Bonchev–Trinajstić information content (AvgIpc) is 3.40. The molecule has 0 rings (SSSR count). The molecule has 1 atom stereocenters. The van der Waals surface area contributed by atoms with Gasteiger partial charge >= 0.3 is 17.9 Å². The molecule has 0 aliphatic rings. The molecule has 6 heteroatoms. The van der Waals surface area contributed by atoms with E-state index < -0.39 is 6.10 Å². The van der Waals surface area contributed by atoms with E-state index in [2.05, 4.69) is 167 Å². The van der Waals surface area contributed by atoms with E-state index in [0.717, 1.165) is 135 Å². The minimum absolute atomic E-state index is 0.100. The summed E-state index contributed by atoms with van der Waals surface area (Å²) in [5.41, 5.74) is 0. The fourth-order valence-corrected chi connectivity index (χ4v) is 7.68. The molecule has 6 nitrogen and oxygen atoms in total. The van der Waals surface area contributed by atoms with E-state index >= 15 is 0 Å². The van der Waals surface area contributed by atoms with Gasteiger partial charge < -0.3 is 14.2 Å². The van der Waals surface area contributed by atoms with Gasteiger partial charge in [-0.25, -0.2) is 0 Å². The van der Waals surface area contributed by atoms with Gasteiger partial charge in [0.1, 0.15) is 13.2 Å². The van der Waals surface area contributed by atoms with E-state index in [0.29, 0.717) is 19.3 Å². The SMILES string of the molecule is CC/C=C\C/C=C\C/C=C\C/C=C\C/C=C\C/C=C\C/C=C\C/C=C\CCCCCCCCCCC(=O)OCC(COC(=O)CCCCCCCCCC)OC(=O)CCCC/C=C\C/C=C\C/C=C\C/C=C\CC. The first-order chi connectivity index (χ1) is 36.5. The van der Waals surface area contributed by atoms with Gasteiger partial charge in [-0.2, -0.15) is 0 Å².